The van der Waals surface area contributed by atoms with Crippen LogP contribution in [0.25, 0.3) is 10.8 Å². The van der Waals surface area contributed by atoms with Crippen molar-refractivity contribution < 1.29 is 38.4 Å². The number of carbonyl (C=O) groups excluding carboxylic acids is 1. The van der Waals surface area contributed by atoms with E-state index in [9.17, 15) is 9.90 Å². The molecule has 0 saturated carbocycles. The first kappa shape index (κ1) is 17.7. The van der Waals surface area contributed by atoms with Gasteiger partial charge in [-0.2, -0.15) is 0 Å². The van der Waals surface area contributed by atoms with E-state index in [-0.39, 0.29) is 35.6 Å². The maximum Gasteiger partial charge on any atom is 0.279 e. The molecular formula is C16H21IN2O2. The summed E-state index contributed by atoms with van der Waals surface area (Å²) in [5.41, 5.74) is 0.736. The molecule has 21 heavy (non-hydrogen) atoms. The van der Waals surface area contributed by atoms with Crippen molar-refractivity contribution in [2.75, 3.05) is 32.5 Å². The van der Waals surface area contributed by atoms with E-state index < -0.39 is 0 Å². The molecule has 5 heteroatoms. The van der Waals surface area contributed by atoms with Gasteiger partial charge in [0.1, 0.15) is 5.75 Å². The van der Waals surface area contributed by atoms with E-state index in [1.54, 1.807) is 12.1 Å². The van der Waals surface area contributed by atoms with Crippen molar-refractivity contribution >= 4 is 22.4 Å². The van der Waals surface area contributed by atoms with Crippen molar-refractivity contribution in [2.24, 2.45) is 0 Å². The van der Waals surface area contributed by atoms with Crippen LogP contribution in [0.3, 0.4) is 0 Å². The van der Waals surface area contributed by atoms with Crippen LogP contribution in [0.2, 0.25) is 0 Å². The maximum atomic E-state index is 12.1. The highest BCUT2D eigenvalue weighted by molar-refractivity contribution is 6.02. The average molecular weight is 400 g/mol. The van der Waals surface area contributed by atoms with Gasteiger partial charge in [-0.05, 0) is 30.5 Å². The van der Waals surface area contributed by atoms with Gasteiger partial charge >= 0.3 is 0 Å². The van der Waals surface area contributed by atoms with Gasteiger partial charge in [0.05, 0.1) is 20.6 Å². The number of nitrogens with one attached hydrogen (secondary N) is 1. The fraction of sp³-hybridized carbons (Fsp3) is 0.312. The lowest BCUT2D eigenvalue weighted by atomic mass is 10.1. The van der Waals surface area contributed by atoms with Crippen LogP contribution >= 0.6 is 0 Å². The van der Waals surface area contributed by atoms with Gasteiger partial charge in [-0.15, -0.1) is 0 Å². The third kappa shape index (κ3) is 4.57. The van der Waals surface area contributed by atoms with Crippen molar-refractivity contribution in [3.8, 4) is 5.75 Å². The Kier molecular flexibility index (Phi) is 5.98. The number of aromatic hydroxyl groups is 1. The molecule has 0 spiro atoms. The summed E-state index contributed by atoms with van der Waals surface area (Å²) in [5, 5.41) is 14.4. The van der Waals surface area contributed by atoms with E-state index in [1.807, 2.05) is 38.4 Å². The van der Waals surface area contributed by atoms with Crippen LogP contribution in [0.1, 0.15) is 6.92 Å². The smallest absolute Gasteiger partial charge is 0.279 e. The standard InChI is InChI=1S/C16H20N2O2.HI/c1-4-18(2,3)11-16(20)17-15-7-5-6-12-8-9-13(19)10-14(12)15;/h5-10H,4,11H2,1-3H3,(H-,17,19,20);1H. The second-order valence-electron chi connectivity index (χ2n) is 5.67. The van der Waals surface area contributed by atoms with Crippen LogP contribution in [-0.4, -0.2) is 42.7 Å². The highest BCUT2D eigenvalue weighted by Gasteiger charge is 2.18. The van der Waals surface area contributed by atoms with E-state index in [4.69, 9.17) is 0 Å². The second kappa shape index (κ2) is 7.09. The molecule has 0 radical (unpaired) electrons. The number of nitrogens with zero attached hydrogens (tertiary/aromatic N) is 1. The summed E-state index contributed by atoms with van der Waals surface area (Å²) in [5.74, 6) is 0.177. The fourth-order valence-corrected chi connectivity index (χ4v) is 2.06. The molecule has 0 heterocycles. The number of anilines is 1. The Balaban J connectivity index is 0.00000220. The maximum absolute atomic E-state index is 12.1. The van der Waals surface area contributed by atoms with Gasteiger partial charge in [-0.1, -0.05) is 18.2 Å². The molecule has 0 aliphatic rings. The SMILES string of the molecule is CC[N+](C)(C)CC(=O)Nc1cccc2ccc(O)cc12.[I-]. The van der Waals surface area contributed by atoms with Crippen molar-refractivity contribution in [1.82, 2.24) is 0 Å². The summed E-state index contributed by atoms with van der Waals surface area (Å²) in [6.07, 6.45) is 0. The Bertz CT molecular complexity index is 641. The number of quaternary nitrogens is 1. The van der Waals surface area contributed by atoms with Crippen LogP contribution < -0.4 is 29.3 Å². The largest absolute Gasteiger partial charge is 1.00 e. The topological polar surface area (TPSA) is 49.3 Å². The molecule has 0 saturated heterocycles. The van der Waals surface area contributed by atoms with Gasteiger partial charge in [0, 0.05) is 11.1 Å². The molecule has 0 unspecified atom stereocenters. The van der Waals surface area contributed by atoms with Crippen LogP contribution in [0, 0.1) is 0 Å². The second-order valence-corrected chi connectivity index (χ2v) is 5.67. The van der Waals surface area contributed by atoms with Crippen molar-refractivity contribution in [3.63, 3.8) is 0 Å². The number of fused-ring (bicyclic) bond motifs is 1. The number of rotatable bonds is 4. The van der Waals surface area contributed by atoms with Gasteiger partial charge in [-0.25, -0.2) is 0 Å². The summed E-state index contributed by atoms with van der Waals surface area (Å²) in [6.45, 7) is 3.37. The highest BCUT2D eigenvalue weighted by atomic mass is 127. The molecule has 0 atom stereocenters. The van der Waals surface area contributed by atoms with E-state index in [0.717, 1.165) is 23.0 Å². The predicted molar refractivity (Wildman–Crippen MR) is 81.8 cm³/mol. The summed E-state index contributed by atoms with van der Waals surface area (Å²) in [6, 6.07) is 10.9. The molecule has 0 fully saturated rings. The average Bonchev–Trinajstić information content (AvgIpc) is 2.39. The molecule has 1 amide bonds. The van der Waals surface area contributed by atoms with E-state index in [2.05, 4.69) is 12.2 Å². The van der Waals surface area contributed by atoms with E-state index in [1.165, 1.54) is 0 Å². The molecule has 0 aliphatic carbocycles. The Labute approximate surface area is 142 Å². The Hall–Kier alpha value is -1.34. The summed E-state index contributed by atoms with van der Waals surface area (Å²) in [4.78, 5) is 12.1. The van der Waals surface area contributed by atoms with Crippen LogP contribution in [0.4, 0.5) is 5.69 Å². The van der Waals surface area contributed by atoms with Gasteiger partial charge in [0.25, 0.3) is 5.91 Å². The van der Waals surface area contributed by atoms with Gasteiger partial charge in [0.2, 0.25) is 0 Å². The number of amides is 1. The minimum Gasteiger partial charge on any atom is -1.00 e. The monoisotopic (exact) mass is 400 g/mol. The lowest BCUT2D eigenvalue weighted by Gasteiger charge is -2.27. The zero-order valence-electron chi connectivity index (χ0n) is 12.6. The van der Waals surface area contributed by atoms with Crippen LogP contribution in [0.5, 0.6) is 5.75 Å². The number of halogens is 1. The lowest BCUT2D eigenvalue weighted by molar-refractivity contribution is -0.880. The number of carbonyl (C=O) groups is 1. The number of likely N-dealkylation sites (N-methyl/N-ethyl adjacent to an activating group) is 1. The number of hydrogen-bond donors (Lipinski definition) is 2. The molecule has 0 bridgehead atoms. The zero-order chi connectivity index (χ0) is 14.8. The quantitative estimate of drug-likeness (QED) is 0.542. The summed E-state index contributed by atoms with van der Waals surface area (Å²) < 4.78 is 0.641. The first-order valence-corrected chi connectivity index (χ1v) is 6.75. The number of benzene rings is 2. The number of phenols is 1. The van der Waals surface area contributed by atoms with Crippen molar-refractivity contribution in [3.05, 3.63) is 36.4 Å². The minimum atomic E-state index is -0.0207. The summed E-state index contributed by atoms with van der Waals surface area (Å²) in [7, 11) is 4.04. The van der Waals surface area contributed by atoms with Gasteiger partial charge < -0.3 is 38.9 Å². The summed E-state index contributed by atoms with van der Waals surface area (Å²) >= 11 is 0. The normalized spacial score (nSPS) is 11.0. The number of phenolic OH excluding ortho intramolecular Hbond substituents is 1. The van der Waals surface area contributed by atoms with E-state index >= 15 is 0 Å². The minimum absolute atomic E-state index is 0. The molecule has 4 nitrogen and oxygen atoms in total. The first-order valence-electron chi connectivity index (χ1n) is 6.75. The molecule has 114 valence electrons. The fourth-order valence-electron chi connectivity index (χ4n) is 2.06. The molecule has 0 aromatic heterocycles. The highest BCUT2D eigenvalue weighted by Crippen LogP contribution is 2.26. The Morgan fingerprint density at radius 2 is 1.95 bits per heavy atom. The Morgan fingerprint density at radius 1 is 1.24 bits per heavy atom. The first-order chi connectivity index (χ1) is 9.41. The number of hydrogen-bond acceptors (Lipinski definition) is 2. The molecule has 2 N–H and O–H groups in total. The molecule has 2 aromatic rings. The lowest BCUT2D eigenvalue weighted by Crippen LogP contribution is -3.00. The van der Waals surface area contributed by atoms with Crippen molar-refractivity contribution in [2.45, 2.75) is 6.92 Å². The molecule has 2 aromatic carbocycles. The Morgan fingerprint density at radius 3 is 2.62 bits per heavy atom. The third-order valence-corrected chi connectivity index (χ3v) is 3.57. The van der Waals surface area contributed by atoms with E-state index in [0.29, 0.717) is 11.0 Å². The zero-order valence-corrected chi connectivity index (χ0v) is 14.7. The molecule has 0 aliphatic heterocycles. The third-order valence-electron chi connectivity index (χ3n) is 3.57. The molecule has 2 rings (SSSR count). The van der Waals surface area contributed by atoms with Gasteiger partial charge in [-0.3, -0.25) is 4.79 Å². The molecular weight excluding hydrogens is 379 g/mol. The predicted octanol–water partition coefficient (Wildman–Crippen LogP) is -0.416. The van der Waals surface area contributed by atoms with Crippen LogP contribution in [0.15, 0.2) is 36.4 Å². The van der Waals surface area contributed by atoms with Crippen molar-refractivity contribution in [1.29, 1.82) is 0 Å². The van der Waals surface area contributed by atoms with Gasteiger partial charge in [0.15, 0.2) is 6.54 Å². The van der Waals surface area contributed by atoms with Crippen LogP contribution in [-0.2, 0) is 4.79 Å².